The highest BCUT2D eigenvalue weighted by atomic mass is 79.9. The van der Waals surface area contributed by atoms with Crippen molar-refractivity contribution < 1.29 is 14.7 Å². The van der Waals surface area contributed by atoms with E-state index >= 15 is 0 Å². The Morgan fingerprint density at radius 3 is 2.57 bits per heavy atom. The largest absolute Gasteiger partial charge is 0.396 e. The molecule has 1 saturated heterocycles. The van der Waals surface area contributed by atoms with E-state index < -0.39 is 0 Å². The first kappa shape index (κ1) is 16.0. The number of aliphatic hydroxyl groups is 1. The Labute approximate surface area is 132 Å². The number of amides is 2. The van der Waals surface area contributed by atoms with E-state index in [-0.39, 0.29) is 25.0 Å². The zero-order valence-corrected chi connectivity index (χ0v) is 13.3. The summed E-state index contributed by atoms with van der Waals surface area (Å²) in [6.45, 7) is 1.48. The van der Waals surface area contributed by atoms with E-state index in [1.165, 1.54) is 0 Å². The number of carbonyl (C=O) groups is 2. The number of halogens is 1. The van der Waals surface area contributed by atoms with E-state index in [9.17, 15) is 9.59 Å². The summed E-state index contributed by atoms with van der Waals surface area (Å²) in [5.41, 5.74) is 0.518. The molecule has 0 bridgehead atoms. The molecule has 6 heteroatoms. The van der Waals surface area contributed by atoms with Crippen molar-refractivity contribution in [2.24, 2.45) is 5.92 Å². The molecule has 5 nitrogen and oxygen atoms in total. The second-order valence-corrected chi connectivity index (χ2v) is 6.02. The summed E-state index contributed by atoms with van der Waals surface area (Å²) in [5, 5.41) is 11.7. The number of benzene rings is 1. The fraction of sp³-hybridized carbons (Fsp3) is 0.467. The van der Waals surface area contributed by atoms with Crippen LogP contribution in [0.25, 0.3) is 0 Å². The zero-order valence-electron chi connectivity index (χ0n) is 11.7. The van der Waals surface area contributed by atoms with Gasteiger partial charge >= 0.3 is 0 Å². The molecule has 0 aromatic heterocycles. The monoisotopic (exact) mass is 354 g/mol. The quantitative estimate of drug-likeness (QED) is 0.858. The van der Waals surface area contributed by atoms with Gasteiger partial charge in [0.25, 0.3) is 5.91 Å². The van der Waals surface area contributed by atoms with Crippen LogP contribution in [-0.4, -0.2) is 48.1 Å². The Morgan fingerprint density at radius 1 is 1.29 bits per heavy atom. The fourth-order valence-corrected chi connectivity index (χ4v) is 2.84. The number of nitrogens with zero attached hydrogens (tertiary/aromatic N) is 1. The summed E-state index contributed by atoms with van der Waals surface area (Å²) in [4.78, 5) is 25.8. The predicted octanol–water partition coefficient (Wildman–Crippen LogP) is 1.41. The lowest BCUT2D eigenvalue weighted by Gasteiger charge is -2.31. The standard InChI is InChI=1S/C15H19BrN2O3/c16-13-4-2-1-3-12(13)15(21)17-9-14(20)18-7-5-11(10-19)6-8-18/h1-4,11,19H,5-10H2,(H,17,21). The SMILES string of the molecule is O=C(NCC(=O)N1CCC(CO)CC1)c1ccccc1Br. The van der Waals surface area contributed by atoms with Crippen LogP contribution in [0.2, 0.25) is 0 Å². The molecule has 114 valence electrons. The molecule has 21 heavy (non-hydrogen) atoms. The average Bonchev–Trinajstić information content (AvgIpc) is 2.52. The molecule has 2 amide bonds. The number of aliphatic hydroxyl groups excluding tert-OH is 1. The van der Waals surface area contributed by atoms with E-state index in [0.717, 1.165) is 12.8 Å². The number of rotatable bonds is 4. The summed E-state index contributed by atoms with van der Waals surface area (Å²) in [7, 11) is 0. The van der Waals surface area contributed by atoms with E-state index in [2.05, 4.69) is 21.2 Å². The number of hydrogen-bond acceptors (Lipinski definition) is 3. The van der Waals surface area contributed by atoms with Crippen LogP contribution >= 0.6 is 15.9 Å². The van der Waals surface area contributed by atoms with Gasteiger partial charge in [-0.15, -0.1) is 0 Å². The van der Waals surface area contributed by atoms with Gasteiger partial charge in [0, 0.05) is 24.2 Å². The molecule has 2 N–H and O–H groups in total. The van der Waals surface area contributed by atoms with Crippen LogP contribution in [0.1, 0.15) is 23.2 Å². The lowest BCUT2D eigenvalue weighted by Crippen LogP contribution is -2.44. The lowest BCUT2D eigenvalue weighted by atomic mass is 9.98. The van der Waals surface area contributed by atoms with Gasteiger partial charge in [0.2, 0.25) is 5.91 Å². The van der Waals surface area contributed by atoms with Gasteiger partial charge in [0.15, 0.2) is 0 Å². The van der Waals surface area contributed by atoms with Crippen LogP contribution in [0.5, 0.6) is 0 Å². The van der Waals surface area contributed by atoms with Crippen molar-refractivity contribution in [3.05, 3.63) is 34.3 Å². The van der Waals surface area contributed by atoms with Crippen LogP contribution in [-0.2, 0) is 4.79 Å². The van der Waals surface area contributed by atoms with Crippen molar-refractivity contribution >= 4 is 27.7 Å². The Balaban J connectivity index is 1.82. The Hall–Kier alpha value is -1.40. The normalized spacial score (nSPS) is 15.8. The van der Waals surface area contributed by atoms with Crippen LogP contribution in [0.3, 0.4) is 0 Å². The molecule has 1 fully saturated rings. The van der Waals surface area contributed by atoms with Crippen molar-refractivity contribution in [1.29, 1.82) is 0 Å². The molecule has 0 radical (unpaired) electrons. The van der Waals surface area contributed by atoms with Crippen LogP contribution in [0.15, 0.2) is 28.7 Å². The van der Waals surface area contributed by atoms with Crippen molar-refractivity contribution in [2.45, 2.75) is 12.8 Å². The van der Waals surface area contributed by atoms with Gasteiger partial charge in [-0.05, 0) is 46.8 Å². The van der Waals surface area contributed by atoms with Crippen LogP contribution in [0, 0.1) is 5.92 Å². The summed E-state index contributed by atoms with van der Waals surface area (Å²) < 4.78 is 0.707. The molecule has 0 unspecified atom stereocenters. The number of hydrogen-bond donors (Lipinski definition) is 2. The van der Waals surface area contributed by atoms with Gasteiger partial charge in [-0.1, -0.05) is 12.1 Å². The summed E-state index contributed by atoms with van der Waals surface area (Å²) >= 11 is 3.32. The van der Waals surface area contributed by atoms with E-state index in [4.69, 9.17) is 5.11 Å². The first-order chi connectivity index (χ1) is 10.1. The summed E-state index contributed by atoms with van der Waals surface area (Å²) in [6, 6.07) is 7.10. The summed E-state index contributed by atoms with van der Waals surface area (Å²) in [5.74, 6) is -0.0447. The molecule has 1 aliphatic heterocycles. The minimum absolute atomic E-state index is 0.00393. The molecule has 0 aliphatic carbocycles. The molecule has 0 atom stereocenters. The lowest BCUT2D eigenvalue weighted by molar-refractivity contribution is -0.131. The third kappa shape index (κ3) is 4.28. The van der Waals surface area contributed by atoms with Crippen LogP contribution in [0.4, 0.5) is 0 Å². The van der Waals surface area contributed by atoms with E-state index in [1.54, 1.807) is 23.1 Å². The van der Waals surface area contributed by atoms with Crippen molar-refractivity contribution in [3.63, 3.8) is 0 Å². The Kier molecular flexibility index (Phi) is 5.76. The second kappa shape index (κ2) is 7.56. The second-order valence-electron chi connectivity index (χ2n) is 5.17. The minimum Gasteiger partial charge on any atom is -0.396 e. The Bertz CT molecular complexity index is 513. The number of likely N-dealkylation sites (tertiary alicyclic amines) is 1. The molecule has 1 aliphatic rings. The highest BCUT2D eigenvalue weighted by Gasteiger charge is 2.22. The first-order valence-corrected chi connectivity index (χ1v) is 7.82. The van der Waals surface area contributed by atoms with Crippen molar-refractivity contribution in [3.8, 4) is 0 Å². The third-order valence-electron chi connectivity index (χ3n) is 3.74. The zero-order chi connectivity index (χ0) is 15.2. The molecule has 1 aromatic rings. The molecule has 0 spiro atoms. The molecular weight excluding hydrogens is 336 g/mol. The number of piperidine rings is 1. The highest BCUT2D eigenvalue weighted by Crippen LogP contribution is 2.17. The molecule has 0 saturated carbocycles. The number of carbonyl (C=O) groups excluding carboxylic acids is 2. The van der Waals surface area contributed by atoms with Crippen molar-refractivity contribution in [1.82, 2.24) is 10.2 Å². The van der Waals surface area contributed by atoms with Gasteiger partial charge in [0.1, 0.15) is 0 Å². The van der Waals surface area contributed by atoms with Gasteiger partial charge in [-0.2, -0.15) is 0 Å². The molecule has 1 aromatic carbocycles. The molecular formula is C15H19BrN2O3. The number of nitrogens with one attached hydrogen (secondary N) is 1. The molecule has 2 rings (SSSR count). The fourth-order valence-electron chi connectivity index (χ4n) is 2.37. The van der Waals surface area contributed by atoms with E-state index in [1.807, 2.05) is 6.07 Å². The first-order valence-electron chi connectivity index (χ1n) is 7.03. The maximum atomic E-state index is 12.1. The maximum absolute atomic E-state index is 12.1. The maximum Gasteiger partial charge on any atom is 0.252 e. The van der Waals surface area contributed by atoms with Gasteiger partial charge in [0.05, 0.1) is 12.1 Å². The third-order valence-corrected chi connectivity index (χ3v) is 4.44. The van der Waals surface area contributed by atoms with Crippen molar-refractivity contribution in [2.75, 3.05) is 26.2 Å². The topological polar surface area (TPSA) is 69.6 Å². The van der Waals surface area contributed by atoms with Gasteiger partial charge < -0.3 is 15.3 Å². The average molecular weight is 355 g/mol. The van der Waals surface area contributed by atoms with Gasteiger partial charge in [-0.25, -0.2) is 0 Å². The van der Waals surface area contributed by atoms with E-state index in [0.29, 0.717) is 29.0 Å². The van der Waals surface area contributed by atoms with Crippen LogP contribution < -0.4 is 5.32 Å². The smallest absolute Gasteiger partial charge is 0.252 e. The predicted molar refractivity (Wildman–Crippen MR) is 82.9 cm³/mol. The Morgan fingerprint density at radius 2 is 1.95 bits per heavy atom. The summed E-state index contributed by atoms with van der Waals surface area (Å²) in [6.07, 6.45) is 1.64. The minimum atomic E-state index is -0.263. The highest BCUT2D eigenvalue weighted by molar-refractivity contribution is 9.10. The van der Waals surface area contributed by atoms with Gasteiger partial charge in [-0.3, -0.25) is 9.59 Å². The molecule has 1 heterocycles.